The van der Waals surface area contributed by atoms with E-state index < -0.39 is 0 Å². The Kier molecular flexibility index (Phi) is 11.3. The molecule has 1 N–H and O–H groups in total. The number of hydrogen-bond donors (Lipinski definition) is 1. The Morgan fingerprint density at radius 2 is 1.80 bits per heavy atom. The minimum atomic E-state index is -0.387. The zero-order chi connectivity index (χ0) is 15.2. The second kappa shape index (κ2) is 12.3. The molecule has 0 atom stereocenters. The van der Waals surface area contributed by atoms with Crippen molar-refractivity contribution in [2.24, 2.45) is 0 Å². The van der Waals surface area contributed by atoms with Crippen molar-refractivity contribution in [2.45, 2.75) is 40.5 Å². The zero-order valence-electron chi connectivity index (χ0n) is 13.1. The van der Waals surface area contributed by atoms with Gasteiger partial charge in [0, 0.05) is 7.97 Å². The van der Waals surface area contributed by atoms with Gasteiger partial charge in [-0.2, -0.15) is 0 Å². The van der Waals surface area contributed by atoms with Gasteiger partial charge < -0.3 is 14.8 Å². The topological polar surface area (TPSA) is 47.6 Å². The van der Waals surface area contributed by atoms with Crippen LogP contribution in [0.2, 0.25) is 0 Å². The molecule has 116 valence electrons. The van der Waals surface area contributed by atoms with E-state index in [9.17, 15) is 4.79 Å². The van der Waals surface area contributed by atoms with E-state index in [1.54, 1.807) is 0 Å². The maximum absolute atomic E-state index is 11.1. The molecule has 0 saturated heterocycles. The molecule has 0 aliphatic carbocycles. The lowest BCUT2D eigenvalue weighted by Gasteiger charge is -2.08. The smallest absolute Gasteiger partial charge is 0.407 e. The maximum atomic E-state index is 11.1. The van der Waals surface area contributed by atoms with Gasteiger partial charge >= 0.3 is 6.09 Å². The minimum Gasteiger partial charge on any atom is -0.490 e. The quantitative estimate of drug-likeness (QED) is 0.768. The second-order valence-electron chi connectivity index (χ2n) is 3.91. The van der Waals surface area contributed by atoms with E-state index in [1.807, 2.05) is 45.0 Å². The molecule has 0 unspecified atom stereocenters. The van der Waals surface area contributed by atoms with Gasteiger partial charge in [0.15, 0.2) is 0 Å². The number of alkyl carbamates (subject to hydrolysis) is 1. The van der Waals surface area contributed by atoms with Crippen LogP contribution in [0.5, 0.6) is 5.75 Å². The molecular formula is C16H29NO3. The normalized spacial score (nSPS) is 9.20. The molecule has 0 saturated carbocycles. The number of hydrogen-bond acceptors (Lipinski definition) is 3. The summed E-state index contributed by atoms with van der Waals surface area (Å²) in [5.74, 6) is 0.796. The van der Waals surface area contributed by atoms with Gasteiger partial charge in [0.05, 0.1) is 0 Å². The highest BCUT2D eigenvalue weighted by Crippen LogP contribution is 2.12. The van der Waals surface area contributed by atoms with E-state index in [2.05, 4.69) is 12.2 Å². The van der Waals surface area contributed by atoms with Gasteiger partial charge in [-0.05, 0) is 30.5 Å². The number of benzene rings is 1. The third-order valence-electron chi connectivity index (χ3n) is 2.44. The van der Waals surface area contributed by atoms with Gasteiger partial charge in [0.2, 0.25) is 0 Å². The fourth-order valence-corrected chi connectivity index (χ4v) is 1.39. The number of carbonyl (C=O) groups excluding carboxylic acids is 1. The Bertz CT molecular complexity index is 355. The Hall–Kier alpha value is -1.71. The van der Waals surface area contributed by atoms with Gasteiger partial charge in [-0.25, -0.2) is 4.79 Å². The molecule has 0 bridgehead atoms. The second-order valence-corrected chi connectivity index (χ2v) is 3.91. The highest BCUT2D eigenvalue weighted by molar-refractivity contribution is 5.66. The van der Waals surface area contributed by atoms with Crippen molar-refractivity contribution in [3.05, 3.63) is 29.8 Å². The third-order valence-corrected chi connectivity index (χ3v) is 2.44. The largest absolute Gasteiger partial charge is 0.490 e. The first-order valence-corrected chi connectivity index (χ1v) is 7.38. The number of ether oxygens (including phenoxy) is 2. The molecule has 0 heterocycles. The molecule has 20 heavy (non-hydrogen) atoms. The molecule has 1 amide bonds. The average molecular weight is 283 g/mol. The Balaban J connectivity index is 0. The molecule has 4 heteroatoms. The predicted octanol–water partition coefficient (Wildman–Crippen LogP) is 4.04. The van der Waals surface area contributed by atoms with Crippen molar-refractivity contribution < 1.29 is 15.7 Å². The molecule has 1 aromatic carbocycles. The summed E-state index contributed by atoms with van der Waals surface area (Å²) in [5, 5.41) is 2.63. The molecular weight excluding hydrogens is 254 g/mol. The molecule has 0 aliphatic heterocycles. The predicted molar refractivity (Wildman–Crippen MR) is 84.4 cm³/mol. The van der Waals surface area contributed by atoms with E-state index in [0.717, 1.165) is 18.6 Å². The summed E-state index contributed by atoms with van der Waals surface area (Å²) >= 11 is 0. The van der Waals surface area contributed by atoms with Crippen molar-refractivity contribution in [1.82, 2.24) is 5.32 Å². The number of rotatable bonds is 7. The monoisotopic (exact) mass is 283 g/mol. The molecule has 1 rings (SSSR count). The third kappa shape index (κ3) is 8.40. The van der Waals surface area contributed by atoms with Crippen LogP contribution in [-0.4, -0.2) is 25.9 Å². The summed E-state index contributed by atoms with van der Waals surface area (Å²) in [4.78, 5) is 11.1. The summed E-state index contributed by atoms with van der Waals surface area (Å²) < 4.78 is 10.4. The van der Waals surface area contributed by atoms with Crippen molar-refractivity contribution in [3.8, 4) is 5.75 Å². The molecule has 4 nitrogen and oxygen atoms in total. The van der Waals surface area contributed by atoms with Gasteiger partial charge in [0.25, 0.3) is 0 Å². The molecule has 0 aliphatic rings. The van der Waals surface area contributed by atoms with E-state index in [0.29, 0.717) is 13.2 Å². The summed E-state index contributed by atoms with van der Waals surface area (Å²) in [6.07, 6.45) is 1.53. The highest BCUT2D eigenvalue weighted by atomic mass is 16.6. The molecule has 0 radical (unpaired) electrons. The summed E-state index contributed by atoms with van der Waals surface area (Å²) in [6.45, 7) is 9.36. The lowest BCUT2D eigenvalue weighted by Crippen LogP contribution is -2.26. The Morgan fingerprint density at radius 1 is 1.15 bits per heavy atom. The van der Waals surface area contributed by atoms with Crippen LogP contribution in [-0.2, 0) is 11.2 Å². The van der Waals surface area contributed by atoms with Gasteiger partial charge in [0.1, 0.15) is 19.0 Å². The van der Waals surface area contributed by atoms with Crippen molar-refractivity contribution >= 4 is 6.09 Å². The van der Waals surface area contributed by atoms with Crippen LogP contribution in [0.4, 0.5) is 4.79 Å². The first-order chi connectivity index (χ1) is 9.76. The fraction of sp³-hybridized carbons (Fsp3) is 0.562. The number of carbonyl (C=O) groups is 1. The summed E-state index contributed by atoms with van der Waals surface area (Å²) in [5.41, 5.74) is 1.28. The minimum absolute atomic E-state index is 0. The first kappa shape index (κ1) is 18.3. The van der Waals surface area contributed by atoms with Crippen LogP contribution >= 0.6 is 0 Å². The number of nitrogens with one attached hydrogen (secondary N) is 1. The Morgan fingerprint density at radius 3 is 2.35 bits per heavy atom. The summed E-state index contributed by atoms with van der Waals surface area (Å²) in [6, 6.07) is 7.92. The van der Waals surface area contributed by atoms with Crippen molar-refractivity contribution in [2.75, 3.05) is 19.8 Å². The molecule has 0 spiro atoms. The highest BCUT2D eigenvalue weighted by Gasteiger charge is 2.00. The lowest BCUT2D eigenvalue weighted by atomic mass is 10.2. The van der Waals surface area contributed by atoms with Crippen LogP contribution < -0.4 is 10.1 Å². The zero-order valence-corrected chi connectivity index (χ0v) is 13.1. The van der Waals surface area contributed by atoms with Crippen molar-refractivity contribution in [3.63, 3.8) is 0 Å². The van der Waals surface area contributed by atoms with E-state index in [4.69, 9.17) is 9.47 Å². The Labute approximate surface area is 124 Å². The van der Waals surface area contributed by atoms with Gasteiger partial charge in [-0.1, -0.05) is 39.8 Å². The SMILES string of the molecule is CC.CCCNC(=O)OCCOc1ccc(CC)cc1.[HH]. The number of amides is 1. The summed E-state index contributed by atoms with van der Waals surface area (Å²) in [7, 11) is 0. The van der Waals surface area contributed by atoms with Crippen LogP contribution in [0.25, 0.3) is 0 Å². The van der Waals surface area contributed by atoms with Crippen LogP contribution in [0.1, 0.15) is 41.1 Å². The van der Waals surface area contributed by atoms with E-state index >= 15 is 0 Å². The molecule has 0 fully saturated rings. The van der Waals surface area contributed by atoms with Gasteiger partial charge in [-0.3, -0.25) is 0 Å². The van der Waals surface area contributed by atoms with E-state index in [1.165, 1.54) is 5.56 Å². The van der Waals surface area contributed by atoms with Gasteiger partial charge in [-0.15, -0.1) is 0 Å². The molecule has 0 aromatic heterocycles. The average Bonchev–Trinajstić information content (AvgIpc) is 2.52. The number of aryl methyl sites for hydroxylation is 1. The van der Waals surface area contributed by atoms with Crippen LogP contribution in [0.3, 0.4) is 0 Å². The standard InChI is InChI=1S/C14H21NO3.C2H6.H2/c1-3-9-15-14(16)18-11-10-17-13-7-5-12(4-2)6-8-13;1-2;/h5-8H,3-4,9-11H2,1-2H3,(H,15,16);1-2H3;1H. The first-order valence-electron chi connectivity index (χ1n) is 7.38. The van der Waals surface area contributed by atoms with E-state index in [-0.39, 0.29) is 14.1 Å². The van der Waals surface area contributed by atoms with Crippen molar-refractivity contribution in [1.29, 1.82) is 0 Å². The van der Waals surface area contributed by atoms with Crippen LogP contribution in [0.15, 0.2) is 24.3 Å². The maximum Gasteiger partial charge on any atom is 0.407 e. The molecule has 1 aromatic rings. The fourth-order valence-electron chi connectivity index (χ4n) is 1.39. The lowest BCUT2D eigenvalue weighted by molar-refractivity contribution is 0.125. The van der Waals surface area contributed by atoms with Crippen LogP contribution in [0, 0.1) is 0 Å².